The highest BCUT2D eigenvalue weighted by molar-refractivity contribution is 5.73. The van der Waals surface area contributed by atoms with Crippen LogP contribution in [-0.4, -0.2) is 36.2 Å². The molecule has 174 valence electrons. The number of carbonyl (C=O) groups is 3. The maximum Gasteiger partial charge on any atom is 0.306 e. The van der Waals surface area contributed by atoms with Gasteiger partial charge in [0.15, 0.2) is 0 Å². The first kappa shape index (κ1) is 22.6. The summed E-state index contributed by atoms with van der Waals surface area (Å²) in [5, 5.41) is 0. The first-order valence-corrected chi connectivity index (χ1v) is 11.9. The van der Waals surface area contributed by atoms with E-state index in [1.807, 2.05) is 6.92 Å². The Morgan fingerprint density at radius 1 is 1.03 bits per heavy atom. The van der Waals surface area contributed by atoms with E-state index < -0.39 is 11.0 Å². The van der Waals surface area contributed by atoms with Crippen LogP contribution < -0.4 is 0 Å². The third kappa shape index (κ3) is 3.39. The lowest BCUT2D eigenvalue weighted by molar-refractivity contribution is -0.258. The van der Waals surface area contributed by atoms with Crippen molar-refractivity contribution in [2.45, 2.75) is 98.2 Å². The van der Waals surface area contributed by atoms with Crippen LogP contribution in [0.25, 0.3) is 0 Å². The van der Waals surface area contributed by atoms with Gasteiger partial charge in [-0.3, -0.25) is 14.4 Å². The molecule has 4 fully saturated rings. The molecule has 3 aliphatic carbocycles. The normalized spacial score (nSPS) is 45.5. The van der Waals surface area contributed by atoms with Crippen LogP contribution in [0.2, 0.25) is 0 Å². The van der Waals surface area contributed by atoms with Crippen LogP contribution in [0.15, 0.2) is 0 Å². The molecule has 31 heavy (non-hydrogen) atoms. The minimum Gasteiger partial charge on any atom is -0.465 e. The predicted octanol–water partition coefficient (Wildman–Crippen LogP) is 4.44. The molecule has 1 heterocycles. The van der Waals surface area contributed by atoms with Gasteiger partial charge in [-0.15, -0.1) is 0 Å². The van der Waals surface area contributed by atoms with Crippen molar-refractivity contribution in [2.24, 2.45) is 34.0 Å². The Balaban J connectivity index is 1.87. The summed E-state index contributed by atoms with van der Waals surface area (Å²) in [6, 6.07) is 0. The second kappa shape index (κ2) is 7.21. The second-order valence-corrected chi connectivity index (χ2v) is 11.8. The van der Waals surface area contributed by atoms with E-state index in [0.29, 0.717) is 18.8 Å². The van der Waals surface area contributed by atoms with Crippen molar-refractivity contribution in [3.63, 3.8) is 0 Å². The second-order valence-electron chi connectivity index (χ2n) is 11.8. The Morgan fingerprint density at radius 2 is 1.74 bits per heavy atom. The van der Waals surface area contributed by atoms with E-state index in [1.165, 1.54) is 20.3 Å². The van der Waals surface area contributed by atoms with Crippen molar-refractivity contribution >= 4 is 17.9 Å². The minimum absolute atomic E-state index is 0.0224. The van der Waals surface area contributed by atoms with Gasteiger partial charge in [0.2, 0.25) is 0 Å². The standard InChI is InChI=1S/C25H38O6/c1-15(26)29-14-25-11-8-18-22(3,4)9-7-10-23(18,5)21(25)17(30-16(2)27)13-24(6)19(25)12-20(28)31-24/h17-19,21H,7-14H2,1-6H3/t17-,18?,19?,21?,23-,24-,25+/m0/s1. The van der Waals surface area contributed by atoms with E-state index in [0.717, 1.165) is 25.7 Å². The zero-order valence-corrected chi connectivity index (χ0v) is 19.9. The molecule has 0 bridgehead atoms. The first-order valence-electron chi connectivity index (χ1n) is 11.9. The Hall–Kier alpha value is -1.59. The van der Waals surface area contributed by atoms with Crippen LogP contribution in [0.3, 0.4) is 0 Å². The van der Waals surface area contributed by atoms with Crippen molar-refractivity contribution in [1.82, 2.24) is 0 Å². The molecule has 3 saturated carbocycles. The fourth-order valence-electron chi connectivity index (χ4n) is 8.76. The predicted molar refractivity (Wildman–Crippen MR) is 114 cm³/mol. The molecular weight excluding hydrogens is 396 g/mol. The fraction of sp³-hybridized carbons (Fsp3) is 0.880. The summed E-state index contributed by atoms with van der Waals surface area (Å²) in [7, 11) is 0. The number of rotatable bonds is 3. The highest BCUT2D eigenvalue weighted by atomic mass is 16.6. The van der Waals surface area contributed by atoms with Gasteiger partial charge in [0.05, 0.1) is 13.0 Å². The summed E-state index contributed by atoms with van der Waals surface area (Å²) in [5.74, 6) is -0.358. The zero-order valence-electron chi connectivity index (χ0n) is 19.9. The zero-order chi connectivity index (χ0) is 22.8. The number of fused-ring (bicyclic) bond motifs is 5. The highest BCUT2D eigenvalue weighted by Crippen LogP contribution is 2.71. The van der Waals surface area contributed by atoms with E-state index in [4.69, 9.17) is 14.2 Å². The van der Waals surface area contributed by atoms with Crippen molar-refractivity contribution in [3.8, 4) is 0 Å². The number of ether oxygens (including phenoxy) is 3. The quantitative estimate of drug-likeness (QED) is 0.483. The first-order chi connectivity index (χ1) is 14.3. The third-order valence-electron chi connectivity index (χ3n) is 9.49. The van der Waals surface area contributed by atoms with Gasteiger partial charge in [-0.2, -0.15) is 0 Å². The number of carbonyl (C=O) groups excluding carboxylic acids is 3. The fourth-order valence-corrected chi connectivity index (χ4v) is 8.76. The lowest BCUT2D eigenvalue weighted by atomic mass is 9.37. The molecule has 0 aromatic rings. The summed E-state index contributed by atoms with van der Waals surface area (Å²) in [4.78, 5) is 36.6. The van der Waals surface area contributed by atoms with Gasteiger partial charge in [-0.05, 0) is 49.4 Å². The van der Waals surface area contributed by atoms with Gasteiger partial charge in [-0.1, -0.05) is 27.2 Å². The van der Waals surface area contributed by atoms with Gasteiger partial charge >= 0.3 is 17.9 Å². The average molecular weight is 435 g/mol. The molecule has 6 nitrogen and oxygen atoms in total. The summed E-state index contributed by atoms with van der Waals surface area (Å²) in [5.41, 5.74) is -1.01. The number of hydrogen-bond donors (Lipinski definition) is 0. The Labute approximate surface area is 185 Å². The van der Waals surface area contributed by atoms with E-state index in [-0.39, 0.29) is 53.3 Å². The van der Waals surface area contributed by atoms with Gasteiger partial charge in [0.25, 0.3) is 0 Å². The molecule has 0 radical (unpaired) electrons. The van der Waals surface area contributed by atoms with E-state index in [2.05, 4.69) is 20.8 Å². The highest BCUT2D eigenvalue weighted by Gasteiger charge is 2.72. The Kier molecular flexibility index (Phi) is 5.26. The summed E-state index contributed by atoms with van der Waals surface area (Å²) < 4.78 is 17.6. The van der Waals surface area contributed by atoms with Crippen molar-refractivity contribution in [1.29, 1.82) is 0 Å². The topological polar surface area (TPSA) is 78.9 Å². The van der Waals surface area contributed by atoms with Crippen molar-refractivity contribution < 1.29 is 28.6 Å². The Bertz CT molecular complexity index is 789. The van der Waals surface area contributed by atoms with E-state index >= 15 is 0 Å². The smallest absolute Gasteiger partial charge is 0.306 e. The van der Waals surface area contributed by atoms with Gasteiger partial charge in [-0.25, -0.2) is 0 Å². The van der Waals surface area contributed by atoms with Gasteiger partial charge in [0, 0.05) is 37.5 Å². The molecule has 3 unspecified atom stereocenters. The molecule has 7 atom stereocenters. The average Bonchev–Trinajstić information content (AvgIpc) is 2.92. The summed E-state index contributed by atoms with van der Waals surface area (Å²) >= 11 is 0. The molecule has 4 aliphatic rings. The van der Waals surface area contributed by atoms with Crippen molar-refractivity contribution in [3.05, 3.63) is 0 Å². The van der Waals surface area contributed by atoms with Gasteiger partial charge < -0.3 is 14.2 Å². The third-order valence-corrected chi connectivity index (χ3v) is 9.49. The van der Waals surface area contributed by atoms with Crippen molar-refractivity contribution in [2.75, 3.05) is 6.61 Å². The SMILES string of the molecule is CC(=O)OC[C@@]12CCC3C(C)(C)CCC[C@]3(C)C1[C@@H](OC(C)=O)C[C@]1(C)OC(=O)CC21. The van der Waals surface area contributed by atoms with Crippen LogP contribution in [0, 0.1) is 34.0 Å². The molecule has 1 saturated heterocycles. The van der Waals surface area contributed by atoms with Crippen LogP contribution in [0.5, 0.6) is 0 Å². The van der Waals surface area contributed by atoms with Crippen LogP contribution >= 0.6 is 0 Å². The molecule has 0 N–H and O–H groups in total. The molecule has 6 heteroatoms. The molecule has 0 spiro atoms. The molecule has 1 aliphatic heterocycles. The molecular formula is C25H38O6. The maximum absolute atomic E-state index is 12.5. The van der Waals surface area contributed by atoms with E-state index in [1.54, 1.807) is 0 Å². The summed E-state index contributed by atoms with van der Waals surface area (Å²) in [6.07, 6.45) is 5.75. The molecule has 0 aromatic carbocycles. The lowest BCUT2D eigenvalue weighted by Gasteiger charge is -2.68. The molecule has 0 aromatic heterocycles. The largest absolute Gasteiger partial charge is 0.465 e. The lowest BCUT2D eigenvalue weighted by Crippen LogP contribution is -2.68. The Morgan fingerprint density at radius 3 is 2.39 bits per heavy atom. The maximum atomic E-state index is 12.5. The van der Waals surface area contributed by atoms with Crippen LogP contribution in [0.4, 0.5) is 0 Å². The number of hydrogen-bond acceptors (Lipinski definition) is 6. The minimum atomic E-state index is -0.707. The number of esters is 3. The monoisotopic (exact) mass is 434 g/mol. The summed E-state index contributed by atoms with van der Waals surface area (Å²) in [6.45, 7) is 12.2. The van der Waals surface area contributed by atoms with Crippen LogP contribution in [-0.2, 0) is 28.6 Å². The van der Waals surface area contributed by atoms with Crippen LogP contribution in [0.1, 0.15) is 86.5 Å². The van der Waals surface area contributed by atoms with Gasteiger partial charge in [0.1, 0.15) is 11.7 Å². The molecule has 0 amide bonds. The van der Waals surface area contributed by atoms with E-state index in [9.17, 15) is 14.4 Å². The molecule has 4 rings (SSSR count).